The Labute approximate surface area is 105 Å². The molecule has 2 nitrogen and oxygen atoms in total. The Kier molecular flexibility index (Phi) is 2.93. The largest absolute Gasteiger partial charge is 0.408 e. The van der Waals surface area contributed by atoms with E-state index < -0.39 is 12.2 Å². The predicted octanol–water partition coefficient (Wildman–Crippen LogP) is 4.23. The van der Waals surface area contributed by atoms with Gasteiger partial charge in [0, 0.05) is 4.47 Å². The quantitative estimate of drug-likeness (QED) is 0.771. The lowest BCUT2D eigenvalue weighted by atomic mass is 10.2. The van der Waals surface area contributed by atoms with Gasteiger partial charge in [0.2, 0.25) is 0 Å². The molecule has 0 aliphatic heterocycles. The van der Waals surface area contributed by atoms with Crippen molar-refractivity contribution in [2.45, 2.75) is 26.1 Å². The van der Waals surface area contributed by atoms with Crippen LogP contribution in [0.15, 0.2) is 22.7 Å². The van der Waals surface area contributed by atoms with Crippen LogP contribution in [0.4, 0.5) is 13.2 Å². The van der Waals surface area contributed by atoms with Crippen LogP contribution in [-0.4, -0.2) is 15.7 Å². The molecule has 0 bridgehead atoms. The van der Waals surface area contributed by atoms with Crippen molar-refractivity contribution in [2.75, 3.05) is 0 Å². The standard InChI is InChI=1S/C11H10BrF3N2/c1-6(11(13,14)15)17-7(2)16-9-4-3-8(12)5-10(9)17/h3-6H,1-2H3. The highest BCUT2D eigenvalue weighted by molar-refractivity contribution is 9.10. The molecule has 1 aromatic carbocycles. The maximum atomic E-state index is 12.8. The zero-order valence-corrected chi connectivity index (χ0v) is 10.8. The molecule has 2 aromatic rings. The average Bonchev–Trinajstić information content (AvgIpc) is 2.51. The van der Waals surface area contributed by atoms with E-state index in [1.165, 1.54) is 4.57 Å². The number of nitrogens with zero attached hydrogens (tertiary/aromatic N) is 2. The SMILES string of the molecule is Cc1nc2ccc(Br)cc2n1C(C)C(F)(F)F. The lowest BCUT2D eigenvalue weighted by molar-refractivity contribution is -0.162. The van der Waals surface area contributed by atoms with Crippen molar-refractivity contribution >= 4 is 27.0 Å². The van der Waals surface area contributed by atoms with Crippen LogP contribution in [0.5, 0.6) is 0 Å². The van der Waals surface area contributed by atoms with E-state index in [0.717, 1.165) is 11.4 Å². The van der Waals surface area contributed by atoms with Crippen molar-refractivity contribution in [1.29, 1.82) is 0 Å². The molecule has 0 saturated carbocycles. The third kappa shape index (κ3) is 2.18. The fraction of sp³-hybridized carbons (Fsp3) is 0.364. The van der Waals surface area contributed by atoms with Gasteiger partial charge >= 0.3 is 6.18 Å². The number of aromatic nitrogens is 2. The molecule has 1 aromatic heterocycles. The first kappa shape index (κ1) is 12.4. The van der Waals surface area contributed by atoms with Gasteiger partial charge in [-0.25, -0.2) is 4.98 Å². The predicted molar refractivity (Wildman–Crippen MR) is 62.9 cm³/mol. The summed E-state index contributed by atoms with van der Waals surface area (Å²) in [6.45, 7) is 2.71. The molecule has 0 aliphatic rings. The van der Waals surface area contributed by atoms with Crippen molar-refractivity contribution in [3.8, 4) is 0 Å². The van der Waals surface area contributed by atoms with Crippen molar-refractivity contribution in [3.05, 3.63) is 28.5 Å². The van der Waals surface area contributed by atoms with Gasteiger partial charge in [-0.15, -0.1) is 0 Å². The summed E-state index contributed by atoms with van der Waals surface area (Å²) in [7, 11) is 0. The summed E-state index contributed by atoms with van der Waals surface area (Å²) in [6.07, 6.45) is -4.28. The molecule has 0 fully saturated rings. The number of rotatable bonds is 1. The van der Waals surface area contributed by atoms with Gasteiger partial charge in [0.05, 0.1) is 11.0 Å². The van der Waals surface area contributed by atoms with E-state index in [4.69, 9.17) is 0 Å². The summed E-state index contributed by atoms with van der Waals surface area (Å²) in [5.41, 5.74) is 1.06. The summed E-state index contributed by atoms with van der Waals surface area (Å²) in [5, 5.41) is 0. The first-order valence-corrected chi connectivity index (χ1v) is 5.81. The van der Waals surface area contributed by atoms with Crippen LogP contribution in [0.3, 0.4) is 0 Å². The van der Waals surface area contributed by atoms with Gasteiger partial charge in [-0.05, 0) is 32.0 Å². The Morgan fingerprint density at radius 3 is 2.59 bits per heavy atom. The molecule has 1 unspecified atom stereocenters. The molecule has 6 heteroatoms. The van der Waals surface area contributed by atoms with Crippen LogP contribution in [0.25, 0.3) is 11.0 Å². The highest BCUT2D eigenvalue weighted by Crippen LogP contribution is 2.34. The summed E-state index contributed by atoms with van der Waals surface area (Å²) >= 11 is 3.25. The molecule has 1 heterocycles. The molecular weight excluding hydrogens is 297 g/mol. The second kappa shape index (κ2) is 4.01. The summed E-state index contributed by atoms with van der Waals surface area (Å²) in [5.74, 6) is 0.364. The van der Waals surface area contributed by atoms with E-state index in [2.05, 4.69) is 20.9 Å². The highest BCUT2D eigenvalue weighted by atomic mass is 79.9. The van der Waals surface area contributed by atoms with Gasteiger partial charge < -0.3 is 4.57 Å². The van der Waals surface area contributed by atoms with E-state index in [1.807, 2.05) is 0 Å². The number of benzene rings is 1. The van der Waals surface area contributed by atoms with Gasteiger partial charge in [-0.2, -0.15) is 13.2 Å². The van der Waals surface area contributed by atoms with Gasteiger partial charge in [-0.3, -0.25) is 0 Å². The minimum absolute atomic E-state index is 0.364. The van der Waals surface area contributed by atoms with Gasteiger partial charge in [0.25, 0.3) is 0 Å². The number of hydrogen-bond acceptors (Lipinski definition) is 1. The third-order valence-corrected chi connectivity index (χ3v) is 3.18. The second-order valence-electron chi connectivity index (χ2n) is 3.88. The van der Waals surface area contributed by atoms with Gasteiger partial charge in [0.15, 0.2) is 0 Å². The van der Waals surface area contributed by atoms with Gasteiger partial charge in [-0.1, -0.05) is 15.9 Å². The van der Waals surface area contributed by atoms with Crippen LogP contribution >= 0.6 is 15.9 Å². The molecular formula is C11H10BrF3N2. The Hall–Kier alpha value is -1.04. The first-order chi connectivity index (χ1) is 7.80. The number of hydrogen-bond donors (Lipinski definition) is 0. The molecule has 0 amide bonds. The smallest absolute Gasteiger partial charge is 0.316 e. The van der Waals surface area contributed by atoms with Crippen LogP contribution in [0.1, 0.15) is 18.8 Å². The monoisotopic (exact) mass is 306 g/mol. The lowest BCUT2D eigenvalue weighted by Gasteiger charge is -2.19. The average molecular weight is 307 g/mol. The minimum Gasteiger partial charge on any atom is -0.316 e. The maximum Gasteiger partial charge on any atom is 0.408 e. The molecule has 92 valence electrons. The minimum atomic E-state index is -4.28. The maximum absolute atomic E-state index is 12.8. The second-order valence-corrected chi connectivity index (χ2v) is 4.80. The summed E-state index contributed by atoms with van der Waals surface area (Å²) in [6, 6.07) is 3.53. The van der Waals surface area contributed by atoms with Crippen LogP contribution in [0, 0.1) is 6.92 Å². The van der Waals surface area contributed by atoms with Gasteiger partial charge in [0.1, 0.15) is 11.9 Å². The van der Waals surface area contributed by atoms with Crippen LogP contribution < -0.4 is 0 Å². The normalized spacial score (nSPS) is 14.2. The molecule has 0 aliphatic carbocycles. The fourth-order valence-electron chi connectivity index (χ4n) is 1.82. The van der Waals surface area contributed by atoms with Crippen molar-refractivity contribution in [3.63, 3.8) is 0 Å². The Morgan fingerprint density at radius 1 is 1.35 bits per heavy atom. The number of alkyl halides is 3. The Balaban J connectivity index is 2.68. The molecule has 0 N–H and O–H groups in total. The van der Waals surface area contributed by atoms with E-state index >= 15 is 0 Å². The number of aryl methyl sites for hydroxylation is 1. The number of imidazole rings is 1. The van der Waals surface area contributed by atoms with Crippen molar-refractivity contribution in [2.24, 2.45) is 0 Å². The topological polar surface area (TPSA) is 17.8 Å². The van der Waals surface area contributed by atoms with E-state index in [0.29, 0.717) is 16.9 Å². The van der Waals surface area contributed by atoms with Crippen molar-refractivity contribution < 1.29 is 13.2 Å². The number of halogens is 4. The number of fused-ring (bicyclic) bond motifs is 1. The van der Waals surface area contributed by atoms with E-state index in [9.17, 15) is 13.2 Å². The van der Waals surface area contributed by atoms with E-state index in [1.54, 1.807) is 25.1 Å². The summed E-state index contributed by atoms with van der Waals surface area (Å²) < 4.78 is 40.2. The van der Waals surface area contributed by atoms with Crippen LogP contribution in [0.2, 0.25) is 0 Å². The van der Waals surface area contributed by atoms with Crippen molar-refractivity contribution in [1.82, 2.24) is 9.55 Å². The Bertz CT molecular complexity index is 560. The molecule has 1 atom stereocenters. The highest BCUT2D eigenvalue weighted by Gasteiger charge is 2.38. The van der Waals surface area contributed by atoms with E-state index in [-0.39, 0.29) is 0 Å². The lowest BCUT2D eigenvalue weighted by Crippen LogP contribution is -2.24. The molecule has 0 radical (unpaired) electrons. The van der Waals surface area contributed by atoms with Crippen LogP contribution in [-0.2, 0) is 0 Å². The third-order valence-electron chi connectivity index (χ3n) is 2.69. The molecule has 2 rings (SSSR count). The first-order valence-electron chi connectivity index (χ1n) is 5.01. The molecule has 0 spiro atoms. The fourth-order valence-corrected chi connectivity index (χ4v) is 2.17. The zero-order chi connectivity index (χ0) is 12.8. The molecule has 17 heavy (non-hydrogen) atoms. The molecule has 0 saturated heterocycles. The summed E-state index contributed by atoms with van der Waals surface area (Å²) in [4.78, 5) is 4.13. The Morgan fingerprint density at radius 2 is 2.00 bits per heavy atom. The zero-order valence-electron chi connectivity index (χ0n) is 9.22.